The summed E-state index contributed by atoms with van der Waals surface area (Å²) in [7, 11) is 0. The molecule has 16 heteroatoms. The Bertz CT molecular complexity index is 702. The van der Waals surface area contributed by atoms with Crippen LogP contribution in [0.25, 0.3) is 0 Å². The molecule has 0 radical (unpaired) electrons. The van der Waals surface area contributed by atoms with Gasteiger partial charge in [-0.05, 0) is 25.7 Å². The minimum absolute atomic E-state index is 0.245. The summed E-state index contributed by atoms with van der Waals surface area (Å²) in [5.74, 6) is -7.27. The Balaban J connectivity index is -0.000000251. The van der Waals surface area contributed by atoms with Gasteiger partial charge in [-0.15, -0.1) is 0 Å². The Kier molecular flexibility index (Phi) is 37.1. The molecule has 0 aromatic carbocycles. The molecule has 0 saturated carbocycles. The highest BCUT2D eigenvalue weighted by atomic mass is 16.4. The van der Waals surface area contributed by atoms with Gasteiger partial charge in [0.05, 0.1) is 25.7 Å². The van der Waals surface area contributed by atoms with E-state index >= 15 is 0 Å². The van der Waals surface area contributed by atoms with Crippen molar-refractivity contribution in [1.29, 1.82) is 0 Å². The maximum Gasteiger partial charge on any atom is 0.303 e. The fourth-order valence-corrected chi connectivity index (χ4v) is 2.95. The third-order valence-corrected chi connectivity index (χ3v) is 5.17. The lowest BCUT2D eigenvalue weighted by Gasteiger charge is -1.98. The smallest absolute Gasteiger partial charge is 0.303 e. The second-order valence-electron chi connectivity index (χ2n) is 9.39. The average molecular weight is 641 g/mol. The molecule has 16 nitrogen and oxygen atoms in total. The van der Waals surface area contributed by atoms with Crippen LogP contribution >= 0.6 is 0 Å². The van der Waals surface area contributed by atoms with Crippen LogP contribution in [0.4, 0.5) is 0 Å². The Morgan fingerprint density at radius 3 is 0.432 bits per heavy atom. The van der Waals surface area contributed by atoms with Crippen molar-refractivity contribution in [2.45, 2.75) is 128 Å². The lowest BCUT2D eigenvalue weighted by molar-refractivity contribution is -0.143. The summed E-state index contributed by atoms with van der Waals surface area (Å²) in [6, 6.07) is 0. The molecule has 0 atom stereocenters. The Labute approximate surface area is 255 Å². The second kappa shape index (κ2) is 35.0. The molecule has 0 fully saturated rings. The fraction of sp³-hybridized carbons (Fsp3) is 0.714. The zero-order chi connectivity index (χ0) is 34.8. The number of hydrogen-bond acceptors (Lipinski definition) is 8. The number of unbranched alkanes of at least 4 members (excludes halogenated alkanes) is 10. The highest BCUT2D eigenvalue weighted by Gasteiger charge is 2.02. The largest absolute Gasteiger partial charge is 0.481 e. The van der Waals surface area contributed by atoms with Gasteiger partial charge in [-0.3, -0.25) is 38.4 Å². The van der Waals surface area contributed by atoms with E-state index in [1.54, 1.807) is 0 Å². The summed E-state index contributed by atoms with van der Waals surface area (Å²) in [5.41, 5.74) is 0. The Morgan fingerprint density at radius 1 is 0.205 bits per heavy atom. The maximum absolute atomic E-state index is 10.1. The summed E-state index contributed by atoms with van der Waals surface area (Å²) >= 11 is 0. The van der Waals surface area contributed by atoms with Crippen LogP contribution in [0, 0.1) is 0 Å². The van der Waals surface area contributed by atoms with Gasteiger partial charge in [-0.25, -0.2) is 0 Å². The first-order valence-corrected chi connectivity index (χ1v) is 14.3. The molecule has 0 spiro atoms. The summed E-state index contributed by atoms with van der Waals surface area (Å²) in [4.78, 5) is 79.1. The molecule has 0 aliphatic rings. The van der Waals surface area contributed by atoms with Crippen molar-refractivity contribution >= 4 is 47.8 Å². The maximum atomic E-state index is 10.1. The van der Waals surface area contributed by atoms with Crippen molar-refractivity contribution < 1.29 is 79.2 Å². The topological polar surface area (TPSA) is 298 Å². The van der Waals surface area contributed by atoms with E-state index in [1.165, 1.54) is 0 Å². The zero-order valence-corrected chi connectivity index (χ0v) is 25.0. The van der Waals surface area contributed by atoms with Gasteiger partial charge in [0.25, 0.3) is 0 Å². The number of hydrogen-bond donors (Lipinski definition) is 8. The van der Waals surface area contributed by atoms with E-state index in [2.05, 4.69) is 0 Å². The van der Waals surface area contributed by atoms with Crippen LogP contribution in [0.1, 0.15) is 128 Å². The van der Waals surface area contributed by atoms with Crippen LogP contribution in [0.2, 0.25) is 0 Å². The van der Waals surface area contributed by atoms with E-state index < -0.39 is 47.8 Å². The lowest BCUT2D eigenvalue weighted by Crippen LogP contribution is -2.00. The molecule has 0 unspecified atom stereocenters. The number of rotatable bonds is 24. The van der Waals surface area contributed by atoms with Crippen LogP contribution in [-0.2, 0) is 38.4 Å². The lowest BCUT2D eigenvalue weighted by atomic mass is 10.1. The van der Waals surface area contributed by atoms with Gasteiger partial charge in [0, 0.05) is 25.7 Å². The molecule has 0 amide bonds. The highest BCUT2D eigenvalue weighted by Crippen LogP contribution is 2.09. The van der Waals surface area contributed by atoms with Gasteiger partial charge in [-0.2, -0.15) is 0 Å². The second-order valence-corrected chi connectivity index (χ2v) is 9.39. The van der Waals surface area contributed by atoms with Gasteiger partial charge < -0.3 is 40.9 Å². The molecule has 0 aliphatic carbocycles. The van der Waals surface area contributed by atoms with Crippen LogP contribution in [0.15, 0.2) is 0 Å². The van der Waals surface area contributed by atoms with Gasteiger partial charge in [0.2, 0.25) is 0 Å². The van der Waals surface area contributed by atoms with Crippen molar-refractivity contribution in [2.24, 2.45) is 0 Å². The van der Waals surface area contributed by atoms with E-state index in [0.29, 0.717) is 0 Å². The third-order valence-electron chi connectivity index (χ3n) is 5.17. The number of carbonyl (C=O) groups is 8. The SMILES string of the molecule is O=C(O)CCC(=O)O.O=C(O)CCC(=O)O.O=C(O)CCCCCCCCC(=O)O.O=C(O)CCCCCCCCC(=O)O. The Morgan fingerprint density at radius 2 is 0.318 bits per heavy atom. The van der Waals surface area contributed by atoms with Crippen LogP contribution in [-0.4, -0.2) is 88.6 Å². The fourth-order valence-electron chi connectivity index (χ4n) is 2.95. The number of carboxylic acid groups (broad SMARTS) is 8. The minimum atomic E-state index is -1.08. The van der Waals surface area contributed by atoms with E-state index in [9.17, 15) is 38.4 Å². The summed E-state index contributed by atoms with van der Waals surface area (Å²) in [5, 5.41) is 65.0. The van der Waals surface area contributed by atoms with Crippen molar-refractivity contribution in [2.75, 3.05) is 0 Å². The van der Waals surface area contributed by atoms with Gasteiger partial charge in [0.1, 0.15) is 0 Å². The van der Waals surface area contributed by atoms with E-state index in [-0.39, 0.29) is 51.4 Å². The molecular formula is C28H48O16. The molecule has 8 N–H and O–H groups in total. The number of aliphatic carboxylic acids is 8. The van der Waals surface area contributed by atoms with Gasteiger partial charge >= 0.3 is 47.8 Å². The molecule has 0 saturated heterocycles. The number of carboxylic acids is 8. The van der Waals surface area contributed by atoms with Gasteiger partial charge in [0.15, 0.2) is 0 Å². The van der Waals surface area contributed by atoms with Crippen LogP contribution in [0.3, 0.4) is 0 Å². The van der Waals surface area contributed by atoms with Gasteiger partial charge in [-0.1, -0.05) is 51.4 Å². The van der Waals surface area contributed by atoms with E-state index in [4.69, 9.17) is 40.9 Å². The zero-order valence-electron chi connectivity index (χ0n) is 25.0. The van der Waals surface area contributed by atoms with Crippen LogP contribution in [0.5, 0.6) is 0 Å². The van der Waals surface area contributed by atoms with Crippen molar-refractivity contribution in [3.63, 3.8) is 0 Å². The summed E-state index contributed by atoms with van der Waals surface area (Å²) in [6.45, 7) is 0. The summed E-state index contributed by atoms with van der Waals surface area (Å²) in [6.07, 6.45) is 10.5. The minimum Gasteiger partial charge on any atom is -0.481 e. The average Bonchev–Trinajstić information content (AvgIpc) is 2.90. The molecule has 0 heterocycles. The first-order chi connectivity index (χ1) is 20.5. The first kappa shape index (κ1) is 46.7. The first-order valence-electron chi connectivity index (χ1n) is 14.3. The highest BCUT2D eigenvalue weighted by molar-refractivity contribution is 5.75. The van der Waals surface area contributed by atoms with Crippen molar-refractivity contribution in [3.8, 4) is 0 Å². The molecule has 44 heavy (non-hydrogen) atoms. The molecule has 0 aromatic heterocycles. The quantitative estimate of drug-likeness (QED) is 0.0676. The standard InChI is InChI=1S/2C10H18O4.2C4H6O4/c2*11-9(12)7-5-3-1-2-4-6-8-10(13)14;2*5-3(6)1-2-4(7)8/h2*1-8H2,(H,11,12)(H,13,14);2*1-2H2,(H,5,6)(H,7,8). The van der Waals surface area contributed by atoms with E-state index in [1.807, 2.05) is 0 Å². The molecular weight excluding hydrogens is 592 g/mol. The van der Waals surface area contributed by atoms with Crippen molar-refractivity contribution in [3.05, 3.63) is 0 Å². The molecule has 256 valence electrons. The molecule has 0 rings (SSSR count). The van der Waals surface area contributed by atoms with E-state index in [0.717, 1.165) is 77.0 Å². The molecule has 0 bridgehead atoms. The molecule has 0 aromatic rings. The molecule has 0 aliphatic heterocycles. The monoisotopic (exact) mass is 640 g/mol. The van der Waals surface area contributed by atoms with Crippen LogP contribution < -0.4 is 0 Å². The van der Waals surface area contributed by atoms with Crippen molar-refractivity contribution in [1.82, 2.24) is 0 Å². The predicted molar refractivity (Wildman–Crippen MR) is 153 cm³/mol. The third kappa shape index (κ3) is 66.2. The normalized spacial score (nSPS) is 9.45. The Hall–Kier alpha value is -4.24. The summed E-state index contributed by atoms with van der Waals surface area (Å²) < 4.78 is 0. The predicted octanol–water partition coefficient (Wildman–Crippen LogP) is 4.42.